The molecule has 0 spiro atoms. The van der Waals surface area contributed by atoms with E-state index in [4.69, 9.17) is 21.1 Å². The maximum Gasteiger partial charge on any atom is 0.338 e. The molecule has 0 aromatic heterocycles. The van der Waals surface area contributed by atoms with Gasteiger partial charge >= 0.3 is 5.97 Å². The highest BCUT2D eigenvalue weighted by atomic mass is 35.5. The number of benzene rings is 2. The van der Waals surface area contributed by atoms with Crippen LogP contribution in [0.25, 0.3) is 0 Å². The number of carbonyl (C=O) groups is 2. The van der Waals surface area contributed by atoms with Crippen molar-refractivity contribution in [3.05, 3.63) is 62.7 Å². The zero-order valence-corrected chi connectivity index (χ0v) is 17.8. The summed E-state index contributed by atoms with van der Waals surface area (Å²) < 4.78 is 10.3. The summed E-state index contributed by atoms with van der Waals surface area (Å²) in [6.07, 6.45) is 0.668. The van der Waals surface area contributed by atoms with E-state index >= 15 is 0 Å². The van der Waals surface area contributed by atoms with Crippen molar-refractivity contribution in [3.63, 3.8) is 0 Å². The van der Waals surface area contributed by atoms with E-state index in [0.717, 1.165) is 17.8 Å². The molecule has 1 aliphatic rings. The molecule has 1 aliphatic heterocycles. The first-order valence-corrected chi connectivity index (χ1v) is 10.1. The average molecular weight is 448 g/mol. The van der Waals surface area contributed by atoms with Gasteiger partial charge in [0.15, 0.2) is 0 Å². The van der Waals surface area contributed by atoms with Crippen LogP contribution >= 0.6 is 11.6 Å². The number of methoxy groups -OCH3 is 1. The Morgan fingerprint density at radius 3 is 2.68 bits per heavy atom. The van der Waals surface area contributed by atoms with Crippen molar-refractivity contribution in [1.29, 1.82) is 0 Å². The Labute approximate surface area is 184 Å². The van der Waals surface area contributed by atoms with Crippen molar-refractivity contribution >= 4 is 34.9 Å². The topological polar surface area (TPSA) is 111 Å². The van der Waals surface area contributed by atoms with Gasteiger partial charge in [0.2, 0.25) is 0 Å². The molecule has 1 N–H and O–H groups in total. The van der Waals surface area contributed by atoms with Crippen LogP contribution in [0.3, 0.4) is 0 Å². The highest BCUT2D eigenvalue weighted by Crippen LogP contribution is 2.33. The van der Waals surface area contributed by atoms with Gasteiger partial charge in [-0.3, -0.25) is 14.9 Å². The molecule has 3 rings (SSSR count). The Hall–Kier alpha value is -3.33. The first-order valence-electron chi connectivity index (χ1n) is 9.68. The third-order valence-corrected chi connectivity index (χ3v) is 5.14. The van der Waals surface area contributed by atoms with Crippen LogP contribution in [0.15, 0.2) is 36.4 Å². The maximum atomic E-state index is 12.8. The van der Waals surface area contributed by atoms with Crippen LogP contribution < -0.4 is 15.0 Å². The van der Waals surface area contributed by atoms with Gasteiger partial charge in [0.05, 0.1) is 29.9 Å². The van der Waals surface area contributed by atoms with Gasteiger partial charge in [0.1, 0.15) is 5.75 Å². The number of rotatable bonds is 7. The number of halogens is 1. The van der Waals surface area contributed by atoms with E-state index in [0.29, 0.717) is 30.3 Å². The fourth-order valence-electron chi connectivity index (χ4n) is 3.46. The van der Waals surface area contributed by atoms with Crippen LogP contribution in [0.4, 0.5) is 11.4 Å². The lowest BCUT2D eigenvalue weighted by Crippen LogP contribution is -2.37. The third kappa shape index (κ3) is 5.24. The Kier molecular flexibility index (Phi) is 6.96. The number of non-ortho nitro benzene ring substituents is 1. The number of nitro benzene ring substituents is 1. The standard InChI is InChI=1S/C21H22ClN3O6/c1-3-31-21(27)14-8-13(9-17(10-14)25(28)29)20(26)23-16-6-7-24(12-16)18-11-15(22)4-5-19(18)30-2/h4-5,8-11,16H,3,6-7,12H2,1-2H3,(H,23,26). The second kappa shape index (κ2) is 9.65. The van der Waals surface area contributed by atoms with Crippen molar-refractivity contribution in [2.75, 3.05) is 31.7 Å². The highest BCUT2D eigenvalue weighted by molar-refractivity contribution is 6.31. The fraction of sp³-hybridized carbons (Fsp3) is 0.333. The molecule has 1 atom stereocenters. The molecule has 1 heterocycles. The average Bonchev–Trinajstić information content (AvgIpc) is 3.21. The number of hydrogen-bond donors (Lipinski definition) is 1. The van der Waals surface area contributed by atoms with E-state index in [2.05, 4.69) is 5.32 Å². The summed E-state index contributed by atoms with van der Waals surface area (Å²) in [6.45, 7) is 2.93. The summed E-state index contributed by atoms with van der Waals surface area (Å²) >= 11 is 6.11. The third-order valence-electron chi connectivity index (χ3n) is 4.91. The highest BCUT2D eigenvalue weighted by Gasteiger charge is 2.27. The molecule has 2 aromatic rings. The van der Waals surface area contributed by atoms with Gasteiger partial charge in [-0.1, -0.05) is 11.6 Å². The molecule has 10 heteroatoms. The van der Waals surface area contributed by atoms with Crippen LogP contribution in [0.2, 0.25) is 5.02 Å². The molecular formula is C21H22ClN3O6. The first-order chi connectivity index (χ1) is 14.8. The molecule has 0 saturated carbocycles. The van der Waals surface area contributed by atoms with E-state index < -0.39 is 16.8 Å². The van der Waals surface area contributed by atoms with Crippen molar-refractivity contribution < 1.29 is 24.0 Å². The predicted octanol–water partition coefficient (Wildman–Crippen LogP) is 3.44. The molecular weight excluding hydrogens is 426 g/mol. The largest absolute Gasteiger partial charge is 0.495 e. The minimum absolute atomic E-state index is 0.0241. The number of esters is 1. The van der Waals surface area contributed by atoms with Crippen LogP contribution in [-0.2, 0) is 4.74 Å². The second-order valence-corrected chi connectivity index (χ2v) is 7.40. The summed E-state index contributed by atoms with van der Waals surface area (Å²) in [5.74, 6) is -0.548. The predicted molar refractivity (Wildman–Crippen MR) is 115 cm³/mol. The summed E-state index contributed by atoms with van der Waals surface area (Å²) in [5, 5.41) is 14.7. The first kappa shape index (κ1) is 22.4. The van der Waals surface area contributed by atoms with E-state index in [-0.39, 0.29) is 29.5 Å². The van der Waals surface area contributed by atoms with Gasteiger partial charge in [0.25, 0.3) is 11.6 Å². The molecule has 1 fully saturated rings. The maximum absolute atomic E-state index is 12.8. The summed E-state index contributed by atoms with van der Waals surface area (Å²) in [4.78, 5) is 37.4. The van der Waals surface area contributed by atoms with Crippen molar-refractivity contribution in [2.45, 2.75) is 19.4 Å². The molecule has 1 amide bonds. The van der Waals surface area contributed by atoms with Crippen molar-refractivity contribution in [3.8, 4) is 5.75 Å². The van der Waals surface area contributed by atoms with Crippen molar-refractivity contribution in [1.82, 2.24) is 5.32 Å². The number of anilines is 1. The number of nitrogens with zero attached hydrogens (tertiary/aromatic N) is 2. The van der Waals surface area contributed by atoms with Gasteiger partial charge in [-0.15, -0.1) is 0 Å². The lowest BCUT2D eigenvalue weighted by molar-refractivity contribution is -0.384. The Bertz CT molecular complexity index is 1010. The number of nitro groups is 1. The van der Waals surface area contributed by atoms with Gasteiger partial charge in [-0.2, -0.15) is 0 Å². The van der Waals surface area contributed by atoms with Gasteiger partial charge < -0.3 is 19.7 Å². The molecule has 0 aliphatic carbocycles. The van der Waals surface area contributed by atoms with Crippen LogP contribution in [0.5, 0.6) is 5.75 Å². The van der Waals surface area contributed by atoms with Crippen LogP contribution in [0.1, 0.15) is 34.1 Å². The van der Waals surface area contributed by atoms with Gasteiger partial charge in [-0.25, -0.2) is 4.79 Å². The minimum Gasteiger partial charge on any atom is -0.495 e. The lowest BCUT2D eigenvalue weighted by Gasteiger charge is -2.21. The summed E-state index contributed by atoms with van der Waals surface area (Å²) in [6, 6.07) is 8.67. The normalized spacial score (nSPS) is 15.5. The number of ether oxygens (including phenoxy) is 2. The Morgan fingerprint density at radius 1 is 1.26 bits per heavy atom. The number of hydrogen-bond acceptors (Lipinski definition) is 7. The Morgan fingerprint density at radius 2 is 2.00 bits per heavy atom. The molecule has 1 unspecified atom stereocenters. The monoisotopic (exact) mass is 447 g/mol. The number of nitrogens with one attached hydrogen (secondary N) is 1. The molecule has 2 aromatic carbocycles. The van der Waals surface area contributed by atoms with E-state index in [9.17, 15) is 19.7 Å². The van der Waals surface area contributed by atoms with Crippen LogP contribution in [0, 0.1) is 10.1 Å². The number of carbonyl (C=O) groups excluding carboxylic acids is 2. The number of amides is 1. The van der Waals surface area contributed by atoms with Crippen LogP contribution in [-0.4, -0.2) is 49.6 Å². The SMILES string of the molecule is CCOC(=O)c1cc(C(=O)NC2CCN(c3cc(Cl)ccc3OC)C2)cc([N+](=O)[O-])c1. The molecule has 0 radical (unpaired) electrons. The molecule has 164 valence electrons. The molecule has 9 nitrogen and oxygen atoms in total. The zero-order valence-electron chi connectivity index (χ0n) is 17.1. The van der Waals surface area contributed by atoms with Gasteiger partial charge in [0, 0.05) is 41.9 Å². The smallest absolute Gasteiger partial charge is 0.338 e. The molecule has 1 saturated heterocycles. The zero-order chi connectivity index (χ0) is 22.5. The lowest BCUT2D eigenvalue weighted by atomic mass is 10.1. The summed E-state index contributed by atoms with van der Waals surface area (Å²) in [7, 11) is 1.57. The van der Waals surface area contributed by atoms with E-state index in [1.165, 1.54) is 6.07 Å². The Balaban J connectivity index is 1.76. The van der Waals surface area contributed by atoms with E-state index in [1.807, 2.05) is 4.90 Å². The van der Waals surface area contributed by atoms with E-state index in [1.54, 1.807) is 32.2 Å². The molecule has 31 heavy (non-hydrogen) atoms. The minimum atomic E-state index is -0.722. The van der Waals surface area contributed by atoms with Gasteiger partial charge in [-0.05, 0) is 37.6 Å². The summed E-state index contributed by atoms with van der Waals surface area (Å²) in [5.41, 5.74) is 0.452. The quantitative estimate of drug-likeness (QED) is 0.393. The van der Waals surface area contributed by atoms with Crippen molar-refractivity contribution in [2.24, 2.45) is 0 Å². The molecule has 0 bridgehead atoms. The second-order valence-electron chi connectivity index (χ2n) is 6.97. The fourth-order valence-corrected chi connectivity index (χ4v) is 3.62.